The van der Waals surface area contributed by atoms with E-state index in [1.54, 1.807) is 0 Å². The van der Waals surface area contributed by atoms with Crippen molar-refractivity contribution in [2.24, 2.45) is 0 Å². The van der Waals surface area contributed by atoms with Gasteiger partial charge in [0.25, 0.3) is 0 Å². The summed E-state index contributed by atoms with van der Waals surface area (Å²) in [6.45, 7) is 5.97. The van der Waals surface area contributed by atoms with Gasteiger partial charge in [0.1, 0.15) is 0 Å². The molecule has 178 valence electrons. The third kappa shape index (κ3) is 8.01. The lowest BCUT2D eigenvalue weighted by Crippen LogP contribution is -2.50. The van der Waals surface area contributed by atoms with Crippen LogP contribution in [0.5, 0.6) is 0 Å². The van der Waals surface area contributed by atoms with Gasteiger partial charge in [0.2, 0.25) is 11.8 Å². The van der Waals surface area contributed by atoms with Gasteiger partial charge in [-0.25, -0.2) is 0 Å². The Hall–Kier alpha value is -2.66. The number of carbonyl (C=O) groups is 2. The molecular formula is C28H39N3O2. The Bertz CT molecular complexity index is 793. The number of hydrogen-bond acceptors (Lipinski definition) is 3. The van der Waals surface area contributed by atoms with E-state index >= 15 is 0 Å². The molecule has 0 aliphatic carbocycles. The van der Waals surface area contributed by atoms with Gasteiger partial charge in [0.05, 0.1) is 6.04 Å². The molecule has 33 heavy (non-hydrogen) atoms. The zero-order valence-corrected chi connectivity index (χ0v) is 20.0. The van der Waals surface area contributed by atoms with E-state index in [1.165, 1.54) is 30.4 Å². The molecule has 0 saturated carbocycles. The minimum atomic E-state index is -0.00861. The molecule has 3 rings (SSSR count). The van der Waals surface area contributed by atoms with Gasteiger partial charge in [0, 0.05) is 45.6 Å². The normalized spacial score (nSPS) is 14.4. The molecule has 0 aromatic heterocycles. The van der Waals surface area contributed by atoms with E-state index in [2.05, 4.69) is 65.7 Å². The fraction of sp³-hybridized carbons (Fsp3) is 0.500. The monoisotopic (exact) mass is 449 g/mol. The Labute approximate surface area is 199 Å². The van der Waals surface area contributed by atoms with Crippen LogP contribution in [-0.2, 0) is 9.59 Å². The van der Waals surface area contributed by atoms with Crippen LogP contribution in [0, 0.1) is 0 Å². The fourth-order valence-corrected chi connectivity index (χ4v) is 4.54. The number of unbranched alkanes of at least 4 members (excludes halogenated alkanes) is 4. The van der Waals surface area contributed by atoms with E-state index in [0.29, 0.717) is 19.5 Å². The molecule has 1 aliphatic heterocycles. The van der Waals surface area contributed by atoms with Crippen molar-refractivity contribution in [3.63, 3.8) is 0 Å². The Kier molecular flexibility index (Phi) is 10.4. The van der Waals surface area contributed by atoms with Gasteiger partial charge in [-0.3, -0.25) is 14.5 Å². The van der Waals surface area contributed by atoms with E-state index in [9.17, 15) is 9.59 Å². The van der Waals surface area contributed by atoms with Crippen LogP contribution in [-0.4, -0.2) is 54.3 Å². The highest BCUT2D eigenvalue weighted by Gasteiger charge is 2.28. The lowest BCUT2D eigenvalue weighted by Gasteiger charge is -2.39. The lowest BCUT2D eigenvalue weighted by atomic mass is 9.96. The van der Waals surface area contributed by atoms with Crippen molar-refractivity contribution < 1.29 is 9.59 Å². The number of carbonyl (C=O) groups excluding carboxylic acids is 2. The Morgan fingerprint density at radius 1 is 0.788 bits per heavy atom. The van der Waals surface area contributed by atoms with Gasteiger partial charge >= 0.3 is 0 Å². The SMILES string of the molecule is CCCCCCCNC(=O)CCC(=O)N1CCN(C(c2ccccc2)c2ccccc2)CC1. The molecule has 1 heterocycles. The number of nitrogens with zero attached hydrogens (tertiary/aromatic N) is 2. The van der Waals surface area contributed by atoms with Crippen molar-refractivity contribution in [3.8, 4) is 0 Å². The topological polar surface area (TPSA) is 52.7 Å². The Morgan fingerprint density at radius 3 is 1.94 bits per heavy atom. The molecule has 0 radical (unpaired) electrons. The predicted molar refractivity (Wildman–Crippen MR) is 134 cm³/mol. The van der Waals surface area contributed by atoms with Crippen LogP contribution in [0.25, 0.3) is 0 Å². The van der Waals surface area contributed by atoms with Crippen LogP contribution < -0.4 is 5.32 Å². The van der Waals surface area contributed by atoms with Crippen molar-refractivity contribution in [1.29, 1.82) is 0 Å². The molecule has 0 spiro atoms. The average Bonchev–Trinajstić information content (AvgIpc) is 2.86. The molecule has 5 nitrogen and oxygen atoms in total. The van der Waals surface area contributed by atoms with E-state index in [-0.39, 0.29) is 24.3 Å². The lowest BCUT2D eigenvalue weighted by molar-refractivity contribution is -0.135. The van der Waals surface area contributed by atoms with Gasteiger partial charge < -0.3 is 10.2 Å². The van der Waals surface area contributed by atoms with E-state index in [0.717, 1.165) is 32.5 Å². The van der Waals surface area contributed by atoms with Crippen LogP contribution in [0.15, 0.2) is 60.7 Å². The molecule has 1 N–H and O–H groups in total. The summed E-state index contributed by atoms with van der Waals surface area (Å²) in [5, 5.41) is 2.96. The first-order valence-corrected chi connectivity index (χ1v) is 12.6. The van der Waals surface area contributed by atoms with Crippen molar-refractivity contribution >= 4 is 11.8 Å². The zero-order chi connectivity index (χ0) is 23.3. The van der Waals surface area contributed by atoms with Crippen LogP contribution in [0.1, 0.15) is 69.0 Å². The molecular weight excluding hydrogens is 410 g/mol. The maximum atomic E-state index is 12.7. The maximum absolute atomic E-state index is 12.7. The summed E-state index contributed by atoms with van der Waals surface area (Å²) in [5.41, 5.74) is 2.55. The molecule has 2 amide bonds. The van der Waals surface area contributed by atoms with Gasteiger partial charge in [-0.05, 0) is 17.5 Å². The summed E-state index contributed by atoms with van der Waals surface area (Å²) >= 11 is 0. The van der Waals surface area contributed by atoms with Gasteiger partial charge in [0.15, 0.2) is 0 Å². The molecule has 1 saturated heterocycles. The smallest absolute Gasteiger partial charge is 0.223 e. The number of amides is 2. The second-order valence-electron chi connectivity index (χ2n) is 8.90. The first-order valence-electron chi connectivity index (χ1n) is 12.6. The summed E-state index contributed by atoms with van der Waals surface area (Å²) in [6.07, 6.45) is 6.46. The van der Waals surface area contributed by atoms with Crippen LogP contribution in [0.2, 0.25) is 0 Å². The number of rotatable bonds is 12. The molecule has 0 unspecified atom stereocenters. The molecule has 0 bridgehead atoms. The molecule has 2 aromatic carbocycles. The molecule has 0 atom stereocenters. The van der Waals surface area contributed by atoms with Crippen molar-refractivity contribution in [2.75, 3.05) is 32.7 Å². The summed E-state index contributed by atoms with van der Waals surface area (Å²) in [4.78, 5) is 29.2. The Balaban J connectivity index is 1.44. The second kappa shape index (κ2) is 13.8. The minimum absolute atomic E-state index is 0.00861. The highest BCUT2D eigenvalue weighted by Crippen LogP contribution is 2.29. The first kappa shape index (κ1) is 25.0. The summed E-state index contributed by atoms with van der Waals surface area (Å²) in [7, 11) is 0. The van der Waals surface area contributed by atoms with Gasteiger partial charge in [-0.15, -0.1) is 0 Å². The number of benzene rings is 2. The highest BCUT2D eigenvalue weighted by atomic mass is 16.2. The number of hydrogen-bond donors (Lipinski definition) is 1. The summed E-state index contributed by atoms with van der Waals surface area (Å²) in [6, 6.07) is 21.3. The average molecular weight is 450 g/mol. The quantitative estimate of drug-likeness (QED) is 0.474. The third-order valence-corrected chi connectivity index (χ3v) is 6.43. The molecule has 1 aliphatic rings. The van der Waals surface area contributed by atoms with Crippen molar-refractivity contribution in [3.05, 3.63) is 71.8 Å². The zero-order valence-electron chi connectivity index (χ0n) is 20.0. The summed E-state index contributed by atoms with van der Waals surface area (Å²) in [5.74, 6) is 0.0782. The first-order chi connectivity index (χ1) is 16.2. The number of piperazine rings is 1. The van der Waals surface area contributed by atoms with Crippen molar-refractivity contribution in [1.82, 2.24) is 15.1 Å². The summed E-state index contributed by atoms with van der Waals surface area (Å²) < 4.78 is 0. The van der Waals surface area contributed by atoms with Crippen LogP contribution in [0.3, 0.4) is 0 Å². The standard InChI is InChI=1S/C28H39N3O2/c1-2-3-4-5-12-19-29-26(32)17-18-27(33)30-20-22-31(23-21-30)28(24-13-8-6-9-14-24)25-15-10-7-11-16-25/h6-11,13-16,28H,2-5,12,17-23H2,1H3,(H,29,32). The molecule has 1 fully saturated rings. The van der Waals surface area contributed by atoms with Gasteiger partial charge in [-0.1, -0.05) is 93.3 Å². The third-order valence-electron chi connectivity index (χ3n) is 6.43. The predicted octanol–water partition coefficient (Wildman–Crippen LogP) is 4.79. The van der Waals surface area contributed by atoms with Crippen molar-refractivity contribution in [2.45, 2.75) is 57.9 Å². The van der Waals surface area contributed by atoms with Crippen LogP contribution in [0.4, 0.5) is 0 Å². The van der Waals surface area contributed by atoms with Crippen LogP contribution >= 0.6 is 0 Å². The van der Waals surface area contributed by atoms with E-state index in [1.807, 2.05) is 17.0 Å². The maximum Gasteiger partial charge on any atom is 0.223 e. The van der Waals surface area contributed by atoms with E-state index in [4.69, 9.17) is 0 Å². The largest absolute Gasteiger partial charge is 0.356 e. The highest BCUT2D eigenvalue weighted by molar-refractivity contribution is 5.83. The number of nitrogens with one attached hydrogen (secondary N) is 1. The fourth-order valence-electron chi connectivity index (χ4n) is 4.54. The second-order valence-corrected chi connectivity index (χ2v) is 8.90. The van der Waals surface area contributed by atoms with Gasteiger partial charge in [-0.2, -0.15) is 0 Å². The Morgan fingerprint density at radius 2 is 1.36 bits per heavy atom. The minimum Gasteiger partial charge on any atom is -0.356 e. The molecule has 5 heteroatoms. The van der Waals surface area contributed by atoms with E-state index < -0.39 is 0 Å². The molecule has 2 aromatic rings.